The standard InChI is InChI=1S/C11H14O3.C2HF3O2/c1-11(2,3)8-6-4-5-7(9(8)12)10(13)14;3-2(4,5)1(6)7/h4-6,12H,1-3H3,(H,13,14);(H,6,7). The van der Waals surface area contributed by atoms with Crippen molar-refractivity contribution in [2.75, 3.05) is 0 Å². The van der Waals surface area contributed by atoms with Gasteiger partial charge in [-0.05, 0) is 11.5 Å². The number of hydrogen-bond acceptors (Lipinski definition) is 3. The molecule has 21 heavy (non-hydrogen) atoms. The molecule has 1 aromatic rings. The number of alkyl halides is 3. The minimum absolute atomic E-state index is 0.0441. The van der Waals surface area contributed by atoms with E-state index >= 15 is 0 Å². The number of halogens is 3. The van der Waals surface area contributed by atoms with Gasteiger partial charge in [0.25, 0.3) is 0 Å². The monoisotopic (exact) mass is 308 g/mol. The zero-order valence-electron chi connectivity index (χ0n) is 11.5. The van der Waals surface area contributed by atoms with Gasteiger partial charge < -0.3 is 15.3 Å². The number of aliphatic carboxylic acids is 1. The maximum atomic E-state index is 10.7. The molecule has 0 heterocycles. The third-order valence-electron chi connectivity index (χ3n) is 2.32. The van der Waals surface area contributed by atoms with E-state index in [2.05, 4.69) is 0 Å². The largest absolute Gasteiger partial charge is 0.507 e. The zero-order chi connectivity index (χ0) is 17.0. The highest BCUT2D eigenvalue weighted by atomic mass is 19.4. The number of carboxylic acid groups (broad SMARTS) is 2. The molecule has 3 N–H and O–H groups in total. The molecule has 1 rings (SSSR count). The normalized spacial score (nSPS) is 11.3. The predicted octanol–water partition coefficient (Wildman–Crippen LogP) is 3.02. The van der Waals surface area contributed by atoms with Crippen molar-refractivity contribution in [2.24, 2.45) is 0 Å². The Morgan fingerprint density at radius 3 is 1.76 bits per heavy atom. The molecule has 0 spiro atoms. The fourth-order valence-corrected chi connectivity index (χ4v) is 1.32. The summed E-state index contributed by atoms with van der Waals surface area (Å²) in [4.78, 5) is 19.6. The quantitative estimate of drug-likeness (QED) is 0.741. The molecule has 0 atom stereocenters. The first kappa shape index (κ1) is 18.8. The van der Waals surface area contributed by atoms with Gasteiger partial charge in [0.05, 0.1) is 0 Å². The summed E-state index contributed by atoms with van der Waals surface area (Å²) >= 11 is 0. The average molecular weight is 308 g/mol. The van der Waals surface area contributed by atoms with Gasteiger partial charge in [-0.2, -0.15) is 13.2 Å². The molecule has 0 aliphatic rings. The second-order valence-corrected chi connectivity index (χ2v) is 5.06. The third kappa shape index (κ3) is 5.72. The molecule has 0 saturated carbocycles. The molecule has 0 radical (unpaired) electrons. The van der Waals surface area contributed by atoms with E-state index in [1.54, 1.807) is 12.1 Å². The fourth-order valence-electron chi connectivity index (χ4n) is 1.32. The molecule has 0 aliphatic carbocycles. The number of carbonyl (C=O) groups is 2. The molecule has 0 bridgehead atoms. The number of aromatic carboxylic acids is 1. The van der Waals surface area contributed by atoms with Crippen LogP contribution >= 0.6 is 0 Å². The Morgan fingerprint density at radius 2 is 1.48 bits per heavy atom. The van der Waals surface area contributed by atoms with E-state index in [9.17, 15) is 23.1 Å². The second kappa shape index (κ2) is 6.47. The van der Waals surface area contributed by atoms with Crippen LogP contribution in [0.25, 0.3) is 0 Å². The highest BCUT2D eigenvalue weighted by molar-refractivity contribution is 5.91. The van der Waals surface area contributed by atoms with Crippen LogP contribution in [0.5, 0.6) is 5.75 Å². The summed E-state index contributed by atoms with van der Waals surface area (Å²) in [5, 5.41) is 25.6. The number of rotatable bonds is 1. The van der Waals surface area contributed by atoms with Crippen LogP contribution in [-0.4, -0.2) is 33.4 Å². The Kier molecular flexibility index (Phi) is 5.77. The molecule has 5 nitrogen and oxygen atoms in total. The Hall–Kier alpha value is -2.25. The van der Waals surface area contributed by atoms with Gasteiger partial charge in [-0.1, -0.05) is 32.9 Å². The van der Waals surface area contributed by atoms with Gasteiger partial charge in [-0.15, -0.1) is 0 Å². The maximum Gasteiger partial charge on any atom is 0.490 e. The highest BCUT2D eigenvalue weighted by Gasteiger charge is 2.38. The Morgan fingerprint density at radius 1 is 1.05 bits per heavy atom. The number of aromatic hydroxyl groups is 1. The minimum Gasteiger partial charge on any atom is -0.507 e. The number of para-hydroxylation sites is 1. The molecule has 0 aliphatic heterocycles. The molecular weight excluding hydrogens is 293 g/mol. The topological polar surface area (TPSA) is 94.8 Å². The van der Waals surface area contributed by atoms with Gasteiger partial charge in [0, 0.05) is 5.56 Å². The number of carboxylic acids is 2. The van der Waals surface area contributed by atoms with Crippen molar-refractivity contribution in [3.8, 4) is 5.75 Å². The van der Waals surface area contributed by atoms with E-state index < -0.39 is 18.1 Å². The van der Waals surface area contributed by atoms with Crippen LogP contribution in [0.2, 0.25) is 0 Å². The van der Waals surface area contributed by atoms with Gasteiger partial charge in [0.1, 0.15) is 11.3 Å². The van der Waals surface area contributed by atoms with Crippen LogP contribution in [0.1, 0.15) is 36.7 Å². The molecule has 0 fully saturated rings. The molecule has 0 saturated heterocycles. The van der Waals surface area contributed by atoms with Crippen LogP contribution in [0, 0.1) is 0 Å². The lowest BCUT2D eigenvalue weighted by molar-refractivity contribution is -0.192. The molecule has 1 aromatic carbocycles. The van der Waals surface area contributed by atoms with Gasteiger partial charge in [-0.3, -0.25) is 0 Å². The lowest BCUT2D eigenvalue weighted by Crippen LogP contribution is -2.21. The van der Waals surface area contributed by atoms with E-state index in [-0.39, 0.29) is 16.7 Å². The van der Waals surface area contributed by atoms with Crippen LogP contribution in [0.3, 0.4) is 0 Å². The van der Waals surface area contributed by atoms with E-state index in [0.29, 0.717) is 5.56 Å². The van der Waals surface area contributed by atoms with Gasteiger partial charge in [0.2, 0.25) is 0 Å². The van der Waals surface area contributed by atoms with Gasteiger partial charge in [0.15, 0.2) is 0 Å². The summed E-state index contributed by atoms with van der Waals surface area (Å²) in [7, 11) is 0. The van der Waals surface area contributed by atoms with Crippen molar-refractivity contribution in [1.29, 1.82) is 0 Å². The van der Waals surface area contributed by atoms with Crippen molar-refractivity contribution >= 4 is 11.9 Å². The SMILES string of the molecule is CC(C)(C)c1cccc(C(=O)O)c1O.O=C(O)C(F)(F)F. The Bertz CT molecular complexity index is 530. The summed E-state index contributed by atoms with van der Waals surface area (Å²) in [5.41, 5.74) is 0.352. The first-order valence-electron chi connectivity index (χ1n) is 5.64. The van der Waals surface area contributed by atoms with E-state index in [1.165, 1.54) is 6.07 Å². The first-order valence-corrected chi connectivity index (χ1v) is 5.64. The summed E-state index contributed by atoms with van der Waals surface area (Å²) in [5.74, 6) is -3.99. The summed E-state index contributed by atoms with van der Waals surface area (Å²) in [6.45, 7) is 5.77. The van der Waals surface area contributed by atoms with Gasteiger partial charge >= 0.3 is 18.1 Å². The lowest BCUT2D eigenvalue weighted by atomic mass is 9.85. The zero-order valence-corrected chi connectivity index (χ0v) is 11.5. The maximum absolute atomic E-state index is 10.7. The van der Waals surface area contributed by atoms with Crippen LogP contribution in [0.15, 0.2) is 18.2 Å². The fraction of sp³-hybridized carbons (Fsp3) is 0.385. The van der Waals surface area contributed by atoms with Crippen molar-refractivity contribution in [1.82, 2.24) is 0 Å². The molecule has 0 unspecified atom stereocenters. The summed E-state index contributed by atoms with van der Waals surface area (Å²) < 4.78 is 31.7. The molecule has 118 valence electrons. The molecule has 0 amide bonds. The third-order valence-corrected chi connectivity index (χ3v) is 2.32. The predicted molar refractivity (Wildman–Crippen MR) is 67.5 cm³/mol. The minimum atomic E-state index is -5.08. The highest BCUT2D eigenvalue weighted by Crippen LogP contribution is 2.32. The number of hydrogen-bond donors (Lipinski definition) is 3. The number of benzene rings is 1. The average Bonchev–Trinajstić information content (AvgIpc) is 2.26. The Balaban J connectivity index is 0.000000486. The molecule has 8 heteroatoms. The molecular formula is C13H15F3O5. The summed E-state index contributed by atoms with van der Waals surface area (Å²) in [6, 6.07) is 4.78. The lowest BCUT2D eigenvalue weighted by Gasteiger charge is -2.20. The first-order chi connectivity index (χ1) is 9.28. The van der Waals surface area contributed by atoms with Crippen molar-refractivity contribution < 1.29 is 38.1 Å². The van der Waals surface area contributed by atoms with Gasteiger partial charge in [-0.25, -0.2) is 9.59 Å². The number of phenols is 1. The molecule has 0 aromatic heterocycles. The smallest absolute Gasteiger partial charge is 0.490 e. The van der Waals surface area contributed by atoms with Crippen molar-refractivity contribution in [2.45, 2.75) is 32.4 Å². The Labute approximate surface area is 118 Å². The van der Waals surface area contributed by atoms with Crippen LogP contribution < -0.4 is 0 Å². The van der Waals surface area contributed by atoms with Crippen LogP contribution in [-0.2, 0) is 10.2 Å². The van der Waals surface area contributed by atoms with E-state index in [4.69, 9.17) is 15.0 Å². The summed E-state index contributed by atoms with van der Waals surface area (Å²) in [6.07, 6.45) is -5.08. The second-order valence-electron chi connectivity index (χ2n) is 5.06. The van der Waals surface area contributed by atoms with Crippen molar-refractivity contribution in [3.63, 3.8) is 0 Å². The van der Waals surface area contributed by atoms with E-state index in [0.717, 1.165) is 0 Å². The van der Waals surface area contributed by atoms with Crippen molar-refractivity contribution in [3.05, 3.63) is 29.3 Å². The van der Waals surface area contributed by atoms with Crippen LogP contribution in [0.4, 0.5) is 13.2 Å². The van der Waals surface area contributed by atoms with E-state index in [1.807, 2.05) is 20.8 Å².